The fourth-order valence-electron chi connectivity index (χ4n) is 4.47. The van der Waals surface area contributed by atoms with E-state index in [1.807, 2.05) is 0 Å². The molecule has 0 aromatic heterocycles. The number of nitrogens with zero attached hydrogens (tertiary/aromatic N) is 2. The van der Waals surface area contributed by atoms with Crippen molar-refractivity contribution in [3.63, 3.8) is 0 Å². The zero-order valence-electron chi connectivity index (χ0n) is 13.4. The molecule has 2 rings (SSSR count). The Labute approximate surface area is 119 Å². The minimum Gasteiger partial charge on any atom is -0.329 e. The van der Waals surface area contributed by atoms with Crippen LogP contribution in [0.4, 0.5) is 0 Å². The summed E-state index contributed by atoms with van der Waals surface area (Å²) in [5, 5.41) is 0. The Morgan fingerprint density at radius 1 is 1.21 bits per heavy atom. The Bertz CT molecular complexity index is 294. The fourth-order valence-corrected chi connectivity index (χ4v) is 4.47. The predicted molar refractivity (Wildman–Crippen MR) is 82.2 cm³/mol. The number of nitrogens with two attached hydrogens (primary N) is 1. The fraction of sp³-hybridized carbons (Fsp3) is 1.00. The second kappa shape index (κ2) is 6.11. The van der Waals surface area contributed by atoms with Gasteiger partial charge in [-0.2, -0.15) is 0 Å². The van der Waals surface area contributed by atoms with Crippen molar-refractivity contribution >= 4 is 0 Å². The third-order valence-corrected chi connectivity index (χ3v) is 6.12. The van der Waals surface area contributed by atoms with E-state index in [1.165, 1.54) is 45.4 Å². The normalized spacial score (nSPS) is 42.5. The van der Waals surface area contributed by atoms with E-state index in [1.54, 1.807) is 0 Å². The molecule has 4 atom stereocenters. The van der Waals surface area contributed by atoms with Crippen molar-refractivity contribution < 1.29 is 0 Å². The van der Waals surface area contributed by atoms with Crippen molar-refractivity contribution in [2.24, 2.45) is 17.6 Å². The Kier molecular flexibility index (Phi) is 4.91. The van der Waals surface area contributed by atoms with E-state index in [0.29, 0.717) is 6.04 Å². The van der Waals surface area contributed by atoms with Gasteiger partial charge >= 0.3 is 0 Å². The molecule has 112 valence electrons. The molecule has 3 nitrogen and oxygen atoms in total. The first-order valence-electron chi connectivity index (χ1n) is 8.24. The highest BCUT2D eigenvalue weighted by Crippen LogP contribution is 2.41. The van der Waals surface area contributed by atoms with Crippen molar-refractivity contribution in [3.8, 4) is 0 Å². The maximum absolute atomic E-state index is 6.28. The van der Waals surface area contributed by atoms with Gasteiger partial charge in [0.25, 0.3) is 0 Å². The molecular weight excluding hydrogens is 234 g/mol. The molecule has 2 N–H and O–H groups in total. The molecule has 0 aromatic carbocycles. The SMILES string of the molecule is CCN1CCN(C2(CN)CCCC(C)C2C)CC1C. The van der Waals surface area contributed by atoms with Crippen LogP contribution in [0.2, 0.25) is 0 Å². The summed E-state index contributed by atoms with van der Waals surface area (Å²) in [7, 11) is 0. The zero-order valence-corrected chi connectivity index (χ0v) is 13.4. The molecule has 0 aromatic rings. The number of hydrogen-bond donors (Lipinski definition) is 1. The van der Waals surface area contributed by atoms with E-state index < -0.39 is 0 Å². The maximum atomic E-state index is 6.28. The summed E-state index contributed by atoms with van der Waals surface area (Å²) in [6, 6.07) is 0.673. The van der Waals surface area contributed by atoms with Crippen LogP contribution < -0.4 is 5.73 Å². The number of likely N-dealkylation sites (N-methyl/N-ethyl adjacent to an activating group) is 1. The summed E-state index contributed by atoms with van der Waals surface area (Å²) in [5.41, 5.74) is 6.55. The Morgan fingerprint density at radius 3 is 2.53 bits per heavy atom. The molecule has 1 heterocycles. The van der Waals surface area contributed by atoms with Crippen molar-refractivity contribution in [2.45, 2.75) is 58.5 Å². The number of hydrogen-bond acceptors (Lipinski definition) is 3. The van der Waals surface area contributed by atoms with Gasteiger partial charge in [0, 0.05) is 37.8 Å². The quantitative estimate of drug-likeness (QED) is 0.850. The summed E-state index contributed by atoms with van der Waals surface area (Å²) in [4.78, 5) is 5.34. The van der Waals surface area contributed by atoms with Crippen LogP contribution in [-0.2, 0) is 0 Å². The van der Waals surface area contributed by atoms with Gasteiger partial charge in [-0.05, 0) is 31.7 Å². The van der Waals surface area contributed by atoms with Gasteiger partial charge in [-0.1, -0.05) is 33.6 Å². The lowest BCUT2D eigenvalue weighted by molar-refractivity contribution is -0.0511. The second-order valence-corrected chi connectivity index (χ2v) is 6.89. The molecule has 2 aliphatic rings. The standard InChI is InChI=1S/C16H33N3/c1-5-18-9-10-19(11-14(18)3)16(12-17)8-6-7-13(2)15(16)4/h13-15H,5-12,17H2,1-4H3. The molecule has 0 spiro atoms. The van der Waals surface area contributed by atoms with E-state index in [9.17, 15) is 0 Å². The summed E-state index contributed by atoms with van der Waals surface area (Å²) in [6.45, 7) is 15.1. The Morgan fingerprint density at radius 2 is 1.95 bits per heavy atom. The summed E-state index contributed by atoms with van der Waals surface area (Å²) < 4.78 is 0. The highest BCUT2D eigenvalue weighted by molar-refractivity contribution is 5.02. The number of piperazine rings is 1. The summed E-state index contributed by atoms with van der Waals surface area (Å²) in [6.07, 6.45) is 4.03. The third-order valence-electron chi connectivity index (χ3n) is 6.12. The van der Waals surface area contributed by atoms with Crippen LogP contribution in [0.1, 0.15) is 47.0 Å². The van der Waals surface area contributed by atoms with Gasteiger partial charge < -0.3 is 5.73 Å². The molecule has 1 saturated heterocycles. The summed E-state index contributed by atoms with van der Waals surface area (Å²) in [5.74, 6) is 1.54. The van der Waals surface area contributed by atoms with Crippen LogP contribution in [0.5, 0.6) is 0 Å². The van der Waals surface area contributed by atoms with Crippen LogP contribution in [0, 0.1) is 11.8 Å². The average Bonchev–Trinajstić information content (AvgIpc) is 2.42. The van der Waals surface area contributed by atoms with Gasteiger partial charge in [0.1, 0.15) is 0 Å². The Hall–Kier alpha value is -0.120. The van der Waals surface area contributed by atoms with Gasteiger partial charge in [-0.15, -0.1) is 0 Å². The molecule has 2 fully saturated rings. The molecule has 0 bridgehead atoms. The topological polar surface area (TPSA) is 32.5 Å². The minimum atomic E-state index is 0.270. The molecule has 19 heavy (non-hydrogen) atoms. The largest absolute Gasteiger partial charge is 0.329 e. The van der Waals surface area contributed by atoms with Crippen LogP contribution in [-0.4, -0.2) is 54.1 Å². The first-order valence-corrected chi connectivity index (χ1v) is 8.24. The first-order chi connectivity index (χ1) is 9.05. The van der Waals surface area contributed by atoms with E-state index in [2.05, 4.69) is 37.5 Å². The van der Waals surface area contributed by atoms with Crippen molar-refractivity contribution in [3.05, 3.63) is 0 Å². The first kappa shape index (κ1) is 15.3. The molecule has 0 radical (unpaired) electrons. The van der Waals surface area contributed by atoms with E-state index in [0.717, 1.165) is 18.4 Å². The zero-order chi connectivity index (χ0) is 14.0. The average molecular weight is 267 g/mol. The van der Waals surface area contributed by atoms with Gasteiger partial charge in [0.2, 0.25) is 0 Å². The highest BCUT2D eigenvalue weighted by atomic mass is 15.3. The van der Waals surface area contributed by atoms with Crippen LogP contribution in [0.3, 0.4) is 0 Å². The van der Waals surface area contributed by atoms with Gasteiger partial charge in [0.05, 0.1) is 0 Å². The molecular formula is C16H33N3. The molecule has 1 saturated carbocycles. The minimum absolute atomic E-state index is 0.270. The van der Waals surface area contributed by atoms with E-state index >= 15 is 0 Å². The molecule has 4 unspecified atom stereocenters. The lowest BCUT2D eigenvalue weighted by atomic mass is 9.67. The van der Waals surface area contributed by atoms with Crippen LogP contribution >= 0.6 is 0 Å². The van der Waals surface area contributed by atoms with Gasteiger partial charge in [0.15, 0.2) is 0 Å². The third kappa shape index (κ3) is 2.70. The predicted octanol–water partition coefficient (Wildman–Crippen LogP) is 2.17. The van der Waals surface area contributed by atoms with Crippen molar-refractivity contribution in [1.29, 1.82) is 0 Å². The second-order valence-electron chi connectivity index (χ2n) is 6.89. The van der Waals surface area contributed by atoms with Crippen LogP contribution in [0.15, 0.2) is 0 Å². The molecule has 1 aliphatic carbocycles. The Balaban J connectivity index is 2.13. The maximum Gasteiger partial charge on any atom is 0.0360 e. The van der Waals surface area contributed by atoms with E-state index in [-0.39, 0.29) is 5.54 Å². The molecule has 3 heteroatoms. The van der Waals surface area contributed by atoms with Gasteiger partial charge in [-0.25, -0.2) is 0 Å². The lowest BCUT2D eigenvalue weighted by Gasteiger charge is -2.55. The molecule has 1 aliphatic heterocycles. The van der Waals surface area contributed by atoms with Gasteiger partial charge in [-0.3, -0.25) is 9.80 Å². The summed E-state index contributed by atoms with van der Waals surface area (Å²) >= 11 is 0. The monoisotopic (exact) mass is 267 g/mol. The lowest BCUT2D eigenvalue weighted by Crippen LogP contribution is -2.66. The smallest absolute Gasteiger partial charge is 0.0360 e. The van der Waals surface area contributed by atoms with Crippen molar-refractivity contribution in [1.82, 2.24) is 9.80 Å². The van der Waals surface area contributed by atoms with Crippen LogP contribution in [0.25, 0.3) is 0 Å². The van der Waals surface area contributed by atoms with E-state index in [4.69, 9.17) is 5.73 Å². The molecule has 0 amide bonds. The highest BCUT2D eigenvalue weighted by Gasteiger charge is 2.46. The number of rotatable bonds is 3. The van der Waals surface area contributed by atoms with Crippen molar-refractivity contribution in [2.75, 3.05) is 32.7 Å².